The van der Waals surface area contributed by atoms with Gasteiger partial charge < -0.3 is 9.84 Å². The minimum absolute atomic E-state index is 0.0481. The van der Waals surface area contributed by atoms with E-state index in [-0.39, 0.29) is 5.75 Å². The van der Waals surface area contributed by atoms with Gasteiger partial charge in [0.05, 0.1) is 12.8 Å². The number of rotatable bonds is 5. The van der Waals surface area contributed by atoms with Crippen molar-refractivity contribution in [3.63, 3.8) is 0 Å². The Kier molecular flexibility index (Phi) is 4.06. The van der Waals surface area contributed by atoms with Crippen LogP contribution in [-0.2, 0) is 0 Å². The summed E-state index contributed by atoms with van der Waals surface area (Å²) in [5.41, 5.74) is 4.14. The fourth-order valence-electron chi connectivity index (χ4n) is 2.69. The Morgan fingerprint density at radius 1 is 1.19 bits per heavy atom. The Hall–Kier alpha value is -3.68. The highest BCUT2D eigenvalue weighted by atomic mass is 16.5. The lowest BCUT2D eigenvalue weighted by molar-refractivity contribution is 0.318. The van der Waals surface area contributed by atoms with E-state index in [0.717, 1.165) is 10.8 Å². The summed E-state index contributed by atoms with van der Waals surface area (Å²) in [6.45, 7) is 2.33. The average molecular weight is 348 g/mol. The SMILES string of the molecule is CCOc1cccc(/C=N\Nc2nn3cnnc3c3ccccc23)c1O. The summed E-state index contributed by atoms with van der Waals surface area (Å²) in [6.07, 6.45) is 3.05. The minimum Gasteiger partial charge on any atom is -0.504 e. The van der Waals surface area contributed by atoms with Crippen molar-refractivity contribution in [1.29, 1.82) is 0 Å². The molecule has 4 rings (SSSR count). The lowest BCUT2D eigenvalue weighted by atomic mass is 10.2. The van der Waals surface area contributed by atoms with Crippen LogP contribution in [0.5, 0.6) is 11.5 Å². The summed E-state index contributed by atoms with van der Waals surface area (Å²) in [4.78, 5) is 0. The van der Waals surface area contributed by atoms with Gasteiger partial charge in [-0.3, -0.25) is 5.43 Å². The molecule has 0 atom stereocenters. The number of hydrogen-bond acceptors (Lipinski definition) is 7. The van der Waals surface area contributed by atoms with E-state index in [1.807, 2.05) is 31.2 Å². The zero-order chi connectivity index (χ0) is 17.9. The van der Waals surface area contributed by atoms with Crippen LogP contribution in [0.1, 0.15) is 12.5 Å². The molecule has 0 radical (unpaired) electrons. The highest BCUT2D eigenvalue weighted by Crippen LogP contribution is 2.29. The van der Waals surface area contributed by atoms with Gasteiger partial charge in [-0.15, -0.1) is 15.3 Å². The molecule has 2 aromatic carbocycles. The largest absolute Gasteiger partial charge is 0.504 e. The summed E-state index contributed by atoms with van der Waals surface area (Å²) in [6, 6.07) is 13.0. The molecule has 0 saturated carbocycles. The van der Waals surface area contributed by atoms with Crippen molar-refractivity contribution in [2.24, 2.45) is 5.10 Å². The number of hydrogen-bond donors (Lipinski definition) is 2. The maximum absolute atomic E-state index is 10.2. The van der Waals surface area contributed by atoms with Gasteiger partial charge in [0.2, 0.25) is 0 Å². The highest BCUT2D eigenvalue weighted by molar-refractivity contribution is 6.00. The molecule has 26 heavy (non-hydrogen) atoms. The zero-order valence-corrected chi connectivity index (χ0v) is 14.0. The molecule has 0 unspecified atom stereocenters. The molecular formula is C18H16N6O2. The first kappa shape index (κ1) is 15.8. The molecule has 2 heterocycles. The van der Waals surface area contributed by atoms with E-state index in [1.165, 1.54) is 12.5 Å². The summed E-state index contributed by atoms with van der Waals surface area (Å²) >= 11 is 0. The summed E-state index contributed by atoms with van der Waals surface area (Å²) in [5, 5.41) is 28.7. The Labute approximate surface area is 148 Å². The number of aromatic nitrogens is 4. The number of hydrazone groups is 1. The van der Waals surface area contributed by atoms with E-state index in [1.54, 1.807) is 22.7 Å². The third kappa shape index (κ3) is 2.77. The van der Waals surface area contributed by atoms with E-state index >= 15 is 0 Å². The normalized spacial score (nSPS) is 11.4. The molecule has 0 aliphatic heterocycles. The molecule has 130 valence electrons. The summed E-state index contributed by atoms with van der Waals surface area (Å²) < 4.78 is 6.97. The molecule has 0 aliphatic rings. The van der Waals surface area contributed by atoms with Crippen LogP contribution in [0.25, 0.3) is 16.4 Å². The van der Waals surface area contributed by atoms with Gasteiger partial charge in [-0.1, -0.05) is 30.3 Å². The number of aromatic hydroxyl groups is 1. The van der Waals surface area contributed by atoms with E-state index in [9.17, 15) is 5.11 Å². The van der Waals surface area contributed by atoms with Gasteiger partial charge in [-0.05, 0) is 19.1 Å². The number of fused-ring (bicyclic) bond motifs is 3. The predicted octanol–water partition coefficient (Wildman–Crippen LogP) is 2.83. The van der Waals surface area contributed by atoms with Gasteiger partial charge in [0.15, 0.2) is 23.0 Å². The number of para-hydroxylation sites is 1. The standard InChI is InChI=1S/C18H16N6O2/c1-2-26-15-9-5-6-12(16(15)25)10-19-21-17-13-7-3-4-8-14(13)18-22-20-11-24(18)23-17/h3-11,25H,2H2,1H3,(H,21,23)/b19-10-. The second-order valence-corrected chi connectivity index (χ2v) is 5.49. The maximum Gasteiger partial charge on any atom is 0.185 e. The second kappa shape index (κ2) is 6.67. The fraction of sp³-hybridized carbons (Fsp3) is 0.111. The molecule has 4 aromatic rings. The number of nitrogens with zero attached hydrogens (tertiary/aromatic N) is 5. The van der Waals surface area contributed by atoms with Crippen molar-refractivity contribution in [2.45, 2.75) is 6.92 Å². The van der Waals surface area contributed by atoms with Crippen molar-refractivity contribution in [1.82, 2.24) is 19.8 Å². The van der Waals surface area contributed by atoms with E-state index in [2.05, 4.69) is 25.8 Å². The van der Waals surface area contributed by atoms with Gasteiger partial charge in [-0.2, -0.15) is 9.62 Å². The topological polar surface area (TPSA) is 96.9 Å². The number of phenolic OH excluding ortho intramolecular Hbond substituents is 1. The van der Waals surface area contributed by atoms with Crippen LogP contribution in [-0.4, -0.2) is 37.7 Å². The van der Waals surface area contributed by atoms with Crippen molar-refractivity contribution in [3.05, 3.63) is 54.4 Å². The molecule has 8 heteroatoms. The van der Waals surface area contributed by atoms with Gasteiger partial charge in [0.25, 0.3) is 0 Å². The molecule has 0 fully saturated rings. The third-order valence-corrected chi connectivity index (χ3v) is 3.87. The van der Waals surface area contributed by atoms with Crippen LogP contribution in [0.15, 0.2) is 53.9 Å². The quantitative estimate of drug-likeness (QED) is 0.425. The van der Waals surface area contributed by atoms with Gasteiger partial charge in [0, 0.05) is 16.3 Å². The molecule has 2 N–H and O–H groups in total. The Balaban J connectivity index is 1.67. The first-order valence-electron chi connectivity index (χ1n) is 8.10. The lowest BCUT2D eigenvalue weighted by Crippen LogP contribution is -2.00. The second-order valence-electron chi connectivity index (χ2n) is 5.49. The monoisotopic (exact) mass is 348 g/mol. The Bertz CT molecular complexity index is 1110. The molecule has 0 spiro atoms. The lowest BCUT2D eigenvalue weighted by Gasteiger charge is -2.08. The number of phenols is 1. The van der Waals surface area contributed by atoms with Crippen LogP contribution in [0.3, 0.4) is 0 Å². The fourth-order valence-corrected chi connectivity index (χ4v) is 2.69. The summed E-state index contributed by atoms with van der Waals surface area (Å²) in [5.74, 6) is 1.03. The van der Waals surface area contributed by atoms with E-state index < -0.39 is 0 Å². The van der Waals surface area contributed by atoms with Crippen LogP contribution in [0, 0.1) is 0 Å². The molecule has 0 saturated heterocycles. The number of anilines is 1. The van der Waals surface area contributed by atoms with Gasteiger partial charge >= 0.3 is 0 Å². The minimum atomic E-state index is 0.0481. The molecule has 0 aliphatic carbocycles. The first-order chi connectivity index (χ1) is 12.8. The van der Waals surface area contributed by atoms with Crippen LogP contribution in [0.4, 0.5) is 5.82 Å². The van der Waals surface area contributed by atoms with Crippen molar-refractivity contribution in [2.75, 3.05) is 12.0 Å². The van der Waals surface area contributed by atoms with Crippen LogP contribution < -0.4 is 10.2 Å². The summed E-state index contributed by atoms with van der Waals surface area (Å²) in [7, 11) is 0. The van der Waals surface area contributed by atoms with E-state index in [0.29, 0.717) is 29.4 Å². The number of benzene rings is 2. The van der Waals surface area contributed by atoms with Crippen LogP contribution >= 0.6 is 0 Å². The van der Waals surface area contributed by atoms with Gasteiger partial charge in [0.1, 0.15) is 6.33 Å². The third-order valence-electron chi connectivity index (χ3n) is 3.87. The smallest absolute Gasteiger partial charge is 0.185 e. The maximum atomic E-state index is 10.2. The zero-order valence-electron chi connectivity index (χ0n) is 14.0. The Morgan fingerprint density at radius 2 is 2.04 bits per heavy atom. The molecule has 2 aromatic heterocycles. The highest BCUT2D eigenvalue weighted by Gasteiger charge is 2.09. The molecule has 0 amide bonds. The number of ether oxygens (including phenoxy) is 1. The van der Waals surface area contributed by atoms with E-state index in [4.69, 9.17) is 4.74 Å². The van der Waals surface area contributed by atoms with Crippen molar-refractivity contribution >= 4 is 28.5 Å². The molecule has 8 nitrogen and oxygen atoms in total. The van der Waals surface area contributed by atoms with Crippen molar-refractivity contribution < 1.29 is 9.84 Å². The van der Waals surface area contributed by atoms with Crippen molar-refractivity contribution in [3.8, 4) is 11.5 Å². The Morgan fingerprint density at radius 3 is 2.88 bits per heavy atom. The molecular weight excluding hydrogens is 332 g/mol. The average Bonchev–Trinajstić information content (AvgIpc) is 3.13. The van der Waals surface area contributed by atoms with Gasteiger partial charge in [-0.25, -0.2) is 0 Å². The molecule has 0 bridgehead atoms. The number of nitrogens with one attached hydrogen (secondary N) is 1. The van der Waals surface area contributed by atoms with Crippen LogP contribution in [0.2, 0.25) is 0 Å². The first-order valence-corrected chi connectivity index (χ1v) is 8.10. The predicted molar refractivity (Wildman–Crippen MR) is 98.8 cm³/mol.